The Kier molecular flexibility index (Phi) is 3.36. The van der Waals surface area contributed by atoms with E-state index in [4.69, 9.17) is 14.2 Å². The van der Waals surface area contributed by atoms with Gasteiger partial charge in [0.2, 0.25) is 0 Å². The first-order valence-electron chi connectivity index (χ1n) is 6.63. The second-order valence-electron chi connectivity index (χ2n) is 5.07. The maximum atomic E-state index is 12.3. The standard InChI is InChI=1S/C13H15N3O5/c1-19-11-14-6-9(7-15-11)10(17)16-4-2-13(3-5-16)8-20-12(18)21-13/h6-7H,2-5,8H2,1H3. The smallest absolute Gasteiger partial charge is 0.467 e. The molecule has 112 valence electrons. The summed E-state index contributed by atoms with van der Waals surface area (Å²) in [7, 11) is 1.46. The average molecular weight is 293 g/mol. The monoisotopic (exact) mass is 293 g/mol. The van der Waals surface area contributed by atoms with Gasteiger partial charge in [0, 0.05) is 38.3 Å². The summed E-state index contributed by atoms with van der Waals surface area (Å²) >= 11 is 0. The van der Waals surface area contributed by atoms with E-state index in [1.165, 1.54) is 19.5 Å². The van der Waals surface area contributed by atoms with Gasteiger partial charge >= 0.3 is 12.2 Å². The Balaban J connectivity index is 1.63. The van der Waals surface area contributed by atoms with Gasteiger partial charge in [-0.05, 0) is 0 Å². The summed E-state index contributed by atoms with van der Waals surface area (Å²) in [6.45, 7) is 1.27. The van der Waals surface area contributed by atoms with E-state index in [2.05, 4.69) is 9.97 Å². The van der Waals surface area contributed by atoms with Gasteiger partial charge in [0.25, 0.3) is 5.91 Å². The number of nitrogens with zero attached hydrogens (tertiary/aromatic N) is 3. The molecule has 0 atom stereocenters. The number of rotatable bonds is 2. The minimum absolute atomic E-state index is 0.141. The first-order valence-corrected chi connectivity index (χ1v) is 6.63. The molecular weight excluding hydrogens is 278 g/mol. The van der Waals surface area contributed by atoms with Gasteiger partial charge < -0.3 is 19.1 Å². The summed E-state index contributed by atoms with van der Waals surface area (Å²) in [6.07, 6.45) is 3.40. The molecule has 1 spiro atoms. The van der Waals surface area contributed by atoms with E-state index in [1.807, 2.05) is 0 Å². The molecule has 8 heteroatoms. The number of carbonyl (C=O) groups is 2. The van der Waals surface area contributed by atoms with Crippen LogP contribution in [0.1, 0.15) is 23.2 Å². The normalized spacial score (nSPS) is 20.0. The van der Waals surface area contributed by atoms with Gasteiger partial charge in [0.05, 0.1) is 12.7 Å². The van der Waals surface area contributed by atoms with Crippen molar-refractivity contribution in [2.45, 2.75) is 18.4 Å². The van der Waals surface area contributed by atoms with Crippen molar-refractivity contribution in [2.75, 3.05) is 26.8 Å². The molecule has 3 heterocycles. The van der Waals surface area contributed by atoms with Crippen molar-refractivity contribution in [1.29, 1.82) is 0 Å². The van der Waals surface area contributed by atoms with Crippen molar-refractivity contribution >= 4 is 12.1 Å². The van der Waals surface area contributed by atoms with Crippen LogP contribution in [-0.4, -0.2) is 59.3 Å². The fourth-order valence-electron chi connectivity index (χ4n) is 2.50. The molecule has 1 aromatic heterocycles. The van der Waals surface area contributed by atoms with Crippen molar-refractivity contribution < 1.29 is 23.8 Å². The molecule has 0 N–H and O–H groups in total. The minimum Gasteiger partial charge on any atom is -0.467 e. The van der Waals surface area contributed by atoms with Crippen LogP contribution in [0.5, 0.6) is 6.01 Å². The Hall–Kier alpha value is -2.38. The molecule has 3 rings (SSSR count). The Bertz CT molecular complexity index is 551. The topological polar surface area (TPSA) is 90.8 Å². The molecule has 0 saturated carbocycles. The number of ether oxygens (including phenoxy) is 3. The zero-order valence-electron chi connectivity index (χ0n) is 11.6. The summed E-state index contributed by atoms with van der Waals surface area (Å²) < 4.78 is 14.9. The zero-order valence-corrected chi connectivity index (χ0v) is 11.6. The number of piperidine rings is 1. The Morgan fingerprint density at radius 2 is 2.00 bits per heavy atom. The minimum atomic E-state index is -0.627. The lowest BCUT2D eigenvalue weighted by atomic mass is 9.92. The highest BCUT2D eigenvalue weighted by Crippen LogP contribution is 2.32. The van der Waals surface area contributed by atoms with Gasteiger partial charge in [-0.3, -0.25) is 4.79 Å². The molecule has 0 aliphatic carbocycles. The van der Waals surface area contributed by atoms with Gasteiger partial charge in [-0.25, -0.2) is 14.8 Å². The predicted octanol–water partition coefficient (Wildman–Crippen LogP) is 0.627. The van der Waals surface area contributed by atoms with Crippen LogP contribution >= 0.6 is 0 Å². The molecule has 2 saturated heterocycles. The van der Waals surface area contributed by atoms with Gasteiger partial charge in [-0.2, -0.15) is 0 Å². The van der Waals surface area contributed by atoms with Gasteiger partial charge in [-0.1, -0.05) is 0 Å². The fourth-order valence-corrected chi connectivity index (χ4v) is 2.50. The maximum Gasteiger partial charge on any atom is 0.509 e. The van der Waals surface area contributed by atoms with Crippen LogP contribution in [0.4, 0.5) is 4.79 Å². The molecule has 0 aromatic carbocycles. The van der Waals surface area contributed by atoms with Crippen LogP contribution < -0.4 is 4.74 Å². The molecule has 0 bridgehead atoms. The lowest BCUT2D eigenvalue weighted by Gasteiger charge is -2.36. The molecular formula is C13H15N3O5. The second-order valence-corrected chi connectivity index (χ2v) is 5.07. The number of amides is 1. The van der Waals surface area contributed by atoms with Crippen LogP contribution in [0.2, 0.25) is 0 Å². The third-order valence-corrected chi connectivity index (χ3v) is 3.77. The zero-order chi connectivity index (χ0) is 14.9. The summed E-state index contributed by atoms with van der Waals surface area (Å²) in [5.41, 5.74) is -0.156. The summed E-state index contributed by atoms with van der Waals surface area (Å²) in [5, 5.41) is 0. The summed E-state index contributed by atoms with van der Waals surface area (Å²) in [4.78, 5) is 32.9. The molecule has 8 nitrogen and oxygen atoms in total. The molecule has 2 fully saturated rings. The maximum absolute atomic E-state index is 12.3. The quantitative estimate of drug-likeness (QED) is 0.738. The molecule has 21 heavy (non-hydrogen) atoms. The number of cyclic esters (lactones) is 1. The number of carbonyl (C=O) groups excluding carboxylic acids is 2. The largest absolute Gasteiger partial charge is 0.509 e. The Morgan fingerprint density at radius 3 is 2.52 bits per heavy atom. The van der Waals surface area contributed by atoms with E-state index in [-0.39, 0.29) is 18.5 Å². The Morgan fingerprint density at radius 1 is 1.33 bits per heavy atom. The third-order valence-electron chi connectivity index (χ3n) is 3.77. The number of methoxy groups -OCH3 is 1. The van der Waals surface area contributed by atoms with Crippen molar-refractivity contribution in [2.24, 2.45) is 0 Å². The van der Waals surface area contributed by atoms with Gasteiger partial charge in [0.15, 0.2) is 5.60 Å². The summed E-state index contributed by atoms with van der Waals surface area (Å²) in [6, 6.07) is 0.221. The van der Waals surface area contributed by atoms with Crippen LogP contribution in [0.25, 0.3) is 0 Å². The summed E-state index contributed by atoms with van der Waals surface area (Å²) in [5.74, 6) is -0.141. The second kappa shape index (κ2) is 5.19. The van der Waals surface area contributed by atoms with E-state index < -0.39 is 11.8 Å². The molecule has 2 aliphatic heterocycles. The van der Waals surface area contributed by atoms with E-state index in [0.717, 1.165) is 0 Å². The molecule has 1 amide bonds. The van der Waals surface area contributed by atoms with E-state index in [1.54, 1.807) is 4.90 Å². The Labute approximate surface area is 121 Å². The lowest BCUT2D eigenvalue weighted by molar-refractivity contribution is 0.00279. The third kappa shape index (κ3) is 2.61. The van der Waals surface area contributed by atoms with E-state index in [9.17, 15) is 9.59 Å². The number of likely N-dealkylation sites (tertiary alicyclic amines) is 1. The van der Waals surface area contributed by atoms with Crippen LogP contribution in [0.15, 0.2) is 12.4 Å². The van der Waals surface area contributed by atoms with Gasteiger partial charge in [-0.15, -0.1) is 0 Å². The molecule has 0 unspecified atom stereocenters. The number of hydrogen-bond acceptors (Lipinski definition) is 7. The lowest BCUT2D eigenvalue weighted by Crippen LogP contribution is -2.48. The number of aromatic nitrogens is 2. The van der Waals surface area contributed by atoms with E-state index >= 15 is 0 Å². The van der Waals surface area contributed by atoms with Crippen molar-refractivity contribution in [1.82, 2.24) is 14.9 Å². The fraction of sp³-hybridized carbons (Fsp3) is 0.538. The van der Waals surface area contributed by atoms with Crippen molar-refractivity contribution in [3.63, 3.8) is 0 Å². The van der Waals surface area contributed by atoms with Crippen LogP contribution in [-0.2, 0) is 9.47 Å². The SMILES string of the molecule is COc1ncc(C(=O)N2CCC3(CC2)COC(=O)O3)cn1. The first-order chi connectivity index (χ1) is 10.1. The van der Waals surface area contributed by atoms with E-state index in [0.29, 0.717) is 31.5 Å². The number of hydrogen-bond donors (Lipinski definition) is 0. The van der Waals surface area contributed by atoms with Crippen LogP contribution in [0, 0.1) is 0 Å². The highest BCUT2D eigenvalue weighted by Gasteiger charge is 2.45. The van der Waals surface area contributed by atoms with Crippen molar-refractivity contribution in [3.05, 3.63) is 18.0 Å². The first kappa shape index (κ1) is 13.6. The van der Waals surface area contributed by atoms with Crippen molar-refractivity contribution in [3.8, 4) is 6.01 Å². The molecule has 2 aliphatic rings. The molecule has 1 aromatic rings. The highest BCUT2D eigenvalue weighted by molar-refractivity contribution is 5.93. The highest BCUT2D eigenvalue weighted by atomic mass is 16.8. The average Bonchev–Trinajstić information content (AvgIpc) is 2.88. The van der Waals surface area contributed by atoms with Gasteiger partial charge in [0.1, 0.15) is 6.61 Å². The molecule has 0 radical (unpaired) electrons. The predicted molar refractivity (Wildman–Crippen MR) is 68.9 cm³/mol. The van der Waals surface area contributed by atoms with Crippen LogP contribution in [0.3, 0.4) is 0 Å².